The molecule has 0 radical (unpaired) electrons. The van der Waals surface area contributed by atoms with Gasteiger partial charge in [0.25, 0.3) is 0 Å². The minimum absolute atomic E-state index is 0.774. The van der Waals surface area contributed by atoms with Crippen molar-refractivity contribution in [1.82, 2.24) is 39.1 Å². The van der Waals surface area contributed by atoms with Crippen LogP contribution in [0.15, 0.2) is 182 Å². The predicted molar refractivity (Wildman–Crippen MR) is 216 cm³/mol. The molecule has 254 valence electrons. The lowest BCUT2D eigenvalue weighted by atomic mass is 10.1. The molecule has 54 heavy (non-hydrogen) atoms. The van der Waals surface area contributed by atoms with E-state index in [1.165, 1.54) is 43.6 Å². The standard InChI is InChI=1S/C46H30N8/c1-5-16-43-37(12-1)38-13-2-6-17-44(38)53(43)35-24-20-33(21-25-35)51-29-41(47-49-51)31-10-9-11-32(28-31)42-30-52(50-48-42)34-22-26-36(27-23-34)54-45-18-7-3-14-39(45)40-15-4-8-19-46(40)54/h1-30H. The molecule has 8 nitrogen and oxygen atoms in total. The van der Waals surface area contributed by atoms with Crippen LogP contribution in [0, 0.1) is 0 Å². The van der Waals surface area contributed by atoms with Crippen LogP contribution in [-0.2, 0) is 0 Å². The number of aromatic nitrogens is 8. The van der Waals surface area contributed by atoms with Gasteiger partial charge < -0.3 is 9.13 Å². The maximum Gasteiger partial charge on any atom is 0.113 e. The smallest absolute Gasteiger partial charge is 0.113 e. The van der Waals surface area contributed by atoms with Gasteiger partial charge in [0.1, 0.15) is 11.4 Å². The molecule has 0 N–H and O–H groups in total. The van der Waals surface area contributed by atoms with Crippen molar-refractivity contribution < 1.29 is 0 Å². The van der Waals surface area contributed by atoms with Crippen LogP contribution < -0.4 is 0 Å². The van der Waals surface area contributed by atoms with E-state index in [-0.39, 0.29) is 0 Å². The molecular weight excluding hydrogens is 665 g/mol. The van der Waals surface area contributed by atoms with Gasteiger partial charge in [-0.2, -0.15) is 0 Å². The Kier molecular flexibility index (Phi) is 6.69. The molecule has 8 heteroatoms. The molecule has 0 saturated heterocycles. The molecule has 0 aliphatic heterocycles. The third kappa shape index (κ3) is 4.78. The van der Waals surface area contributed by atoms with E-state index in [0.29, 0.717) is 0 Å². The van der Waals surface area contributed by atoms with Crippen LogP contribution in [0.25, 0.3) is 88.9 Å². The highest BCUT2D eigenvalue weighted by Crippen LogP contribution is 2.34. The van der Waals surface area contributed by atoms with Crippen molar-refractivity contribution in [2.45, 2.75) is 0 Å². The molecule has 11 aromatic rings. The summed E-state index contributed by atoms with van der Waals surface area (Å²) in [5.41, 5.74) is 12.2. The summed E-state index contributed by atoms with van der Waals surface area (Å²) in [5, 5.41) is 23.0. The van der Waals surface area contributed by atoms with Gasteiger partial charge in [0, 0.05) is 44.0 Å². The monoisotopic (exact) mass is 694 g/mol. The normalized spacial score (nSPS) is 11.7. The van der Waals surface area contributed by atoms with Gasteiger partial charge in [0.15, 0.2) is 0 Å². The van der Waals surface area contributed by atoms with Crippen molar-refractivity contribution in [1.29, 1.82) is 0 Å². The van der Waals surface area contributed by atoms with Crippen molar-refractivity contribution in [2.75, 3.05) is 0 Å². The molecular formula is C46H30N8. The molecule has 0 bridgehead atoms. The summed E-state index contributed by atoms with van der Waals surface area (Å²) in [4.78, 5) is 0. The van der Waals surface area contributed by atoms with Crippen LogP contribution in [0.5, 0.6) is 0 Å². The first-order valence-electron chi connectivity index (χ1n) is 17.9. The van der Waals surface area contributed by atoms with Crippen LogP contribution in [0.1, 0.15) is 0 Å². The molecule has 0 unspecified atom stereocenters. The Morgan fingerprint density at radius 2 is 0.648 bits per heavy atom. The lowest BCUT2D eigenvalue weighted by Gasteiger charge is -2.09. The Morgan fingerprint density at radius 1 is 0.315 bits per heavy atom. The predicted octanol–water partition coefficient (Wildman–Crippen LogP) is 10.4. The van der Waals surface area contributed by atoms with Crippen LogP contribution in [0.3, 0.4) is 0 Å². The second-order valence-electron chi connectivity index (χ2n) is 13.4. The minimum Gasteiger partial charge on any atom is -0.309 e. The lowest BCUT2D eigenvalue weighted by molar-refractivity contribution is 0.803. The Bertz CT molecular complexity index is 2840. The van der Waals surface area contributed by atoms with Gasteiger partial charge in [-0.15, -0.1) is 10.2 Å². The molecule has 0 saturated carbocycles. The SMILES string of the molecule is c1cc(-c2cn(-c3ccc(-n4c5ccccc5c5ccccc54)cc3)nn2)cc(-c2cn(-c3ccc(-n4c5ccccc5c5ccccc54)cc3)nn2)c1. The third-order valence-electron chi connectivity index (χ3n) is 10.3. The topological polar surface area (TPSA) is 71.3 Å². The van der Waals surface area contributed by atoms with Gasteiger partial charge in [-0.3, -0.25) is 0 Å². The second kappa shape index (κ2) is 12.0. The average Bonchev–Trinajstić information content (AvgIpc) is 4.05. The lowest BCUT2D eigenvalue weighted by Crippen LogP contribution is -1.97. The number of benzene rings is 7. The Morgan fingerprint density at radius 3 is 1.02 bits per heavy atom. The zero-order chi connectivity index (χ0) is 35.6. The van der Waals surface area contributed by atoms with Gasteiger partial charge in [-0.1, -0.05) is 101 Å². The van der Waals surface area contributed by atoms with Gasteiger partial charge in [-0.05, 0) is 78.9 Å². The summed E-state index contributed by atoms with van der Waals surface area (Å²) in [6.45, 7) is 0. The molecule has 0 spiro atoms. The van der Waals surface area contributed by atoms with E-state index >= 15 is 0 Å². The van der Waals surface area contributed by atoms with Crippen molar-refractivity contribution in [3.8, 4) is 45.3 Å². The highest BCUT2D eigenvalue weighted by Gasteiger charge is 2.15. The Labute approximate surface area is 309 Å². The molecule has 4 aromatic heterocycles. The van der Waals surface area contributed by atoms with Gasteiger partial charge in [-0.25, -0.2) is 9.36 Å². The number of fused-ring (bicyclic) bond motifs is 6. The average molecular weight is 695 g/mol. The molecule has 4 heterocycles. The summed E-state index contributed by atoms with van der Waals surface area (Å²) in [5.74, 6) is 0. The van der Waals surface area contributed by atoms with E-state index in [9.17, 15) is 0 Å². The van der Waals surface area contributed by atoms with Gasteiger partial charge in [0.05, 0.1) is 45.8 Å². The molecule has 0 aliphatic carbocycles. The van der Waals surface area contributed by atoms with Crippen molar-refractivity contribution in [2.24, 2.45) is 0 Å². The minimum atomic E-state index is 0.774. The maximum atomic E-state index is 4.54. The summed E-state index contributed by atoms with van der Waals surface area (Å²) in [7, 11) is 0. The summed E-state index contributed by atoms with van der Waals surface area (Å²) < 4.78 is 8.25. The Balaban J connectivity index is 0.854. The number of hydrogen-bond donors (Lipinski definition) is 0. The first kappa shape index (κ1) is 30.1. The summed E-state index contributed by atoms with van der Waals surface area (Å²) >= 11 is 0. The van der Waals surface area contributed by atoms with E-state index in [1.54, 1.807) is 0 Å². The first-order chi connectivity index (χ1) is 26.8. The molecule has 11 rings (SSSR count). The number of hydrogen-bond acceptors (Lipinski definition) is 4. The van der Waals surface area contributed by atoms with E-state index in [2.05, 4.69) is 181 Å². The fourth-order valence-corrected chi connectivity index (χ4v) is 7.79. The van der Waals surface area contributed by atoms with Crippen molar-refractivity contribution >= 4 is 43.6 Å². The number of rotatable bonds is 6. The zero-order valence-electron chi connectivity index (χ0n) is 28.9. The van der Waals surface area contributed by atoms with Gasteiger partial charge in [0.2, 0.25) is 0 Å². The fraction of sp³-hybridized carbons (Fsp3) is 0. The van der Waals surface area contributed by atoms with E-state index < -0.39 is 0 Å². The third-order valence-corrected chi connectivity index (χ3v) is 10.3. The van der Waals surface area contributed by atoms with Gasteiger partial charge >= 0.3 is 0 Å². The Hall–Kier alpha value is -7.58. The number of nitrogens with zero attached hydrogens (tertiary/aromatic N) is 8. The molecule has 7 aromatic carbocycles. The highest BCUT2D eigenvalue weighted by atomic mass is 15.4. The first-order valence-corrected chi connectivity index (χ1v) is 17.9. The second-order valence-corrected chi connectivity index (χ2v) is 13.4. The molecule has 0 atom stereocenters. The number of para-hydroxylation sites is 4. The van der Waals surface area contributed by atoms with Crippen LogP contribution >= 0.6 is 0 Å². The van der Waals surface area contributed by atoms with E-state index in [0.717, 1.165) is 45.3 Å². The van der Waals surface area contributed by atoms with Crippen LogP contribution in [-0.4, -0.2) is 39.1 Å². The largest absolute Gasteiger partial charge is 0.309 e. The zero-order valence-corrected chi connectivity index (χ0v) is 28.9. The maximum absolute atomic E-state index is 4.54. The fourth-order valence-electron chi connectivity index (χ4n) is 7.79. The molecule has 0 fully saturated rings. The van der Waals surface area contributed by atoms with Crippen molar-refractivity contribution in [3.63, 3.8) is 0 Å². The van der Waals surface area contributed by atoms with Crippen LogP contribution in [0.2, 0.25) is 0 Å². The highest BCUT2D eigenvalue weighted by molar-refractivity contribution is 6.10. The molecule has 0 amide bonds. The van der Waals surface area contributed by atoms with E-state index in [1.807, 2.05) is 40.0 Å². The summed E-state index contributed by atoms with van der Waals surface area (Å²) in [6.07, 6.45) is 3.92. The summed E-state index contributed by atoms with van der Waals surface area (Å²) in [6, 6.07) is 59.2. The quantitative estimate of drug-likeness (QED) is 0.174. The van der Waals surface area contributed by atoms with Crippen molar-refractivity contribution in [3.05, 3.63) is 182 Å². The van der Waals surface area contributed by atoms with Crippen LogP contribution in [0.4, 0.5) is 0 Å². The molecule has 0 aliphatic rings. The van der Waals surface area contributed by atoms with E-state index in [4.69, 9.17) is 0 Å².